The van der Waals surface area contributed by atoms with Crippen molar-refractivity contribution in [3.05, 3.63) is 29.3 Å². The molecule has 0 bridgehead atoms. The van der Waals surface area contributed by atoms with Gasteiger partial charge in [0, 0.05) is 11.6 Å². The average Bonchev–Trinajstić information content (AvgIpc) is 2.65. The summed E-state index contributed by atoms with van der Waals surface area (Å²) in [6, 6.07) is 5.32. The van der Waals surface area contributed by atoms with Crippen molar-refractivity contribution in [3.8, 4) is 17.1 Å². The lowest BCUT2D eigenvalue weighted by Gasteiger charge is -2.07. The molecule has 0 aliphatic carbocycles. The van der Waals surface area contributed by atoms with Gasteiger partial charge < -0.3 is 15.4 Å². The number of aromatic nitrogens is 1. The number of hydrogen-bond donors (Lipinski definition) is 2. The summed E-state index contributed by atoms with van der Waals surface area (Å²) in [5.74, 6) is 1.31. The number of phenolic OH excluding ortho intramolecular Hbond substituents is 1. The van der Waals surface area contributed by atoms with Gasteiger partial charge in [-0.2, -0.15) is 0 Å². The van der Waals surface area contributed by atoms with E-state index < -0.39 is 0 Å². The van der Waals surface area contributed by atoms with E-state index in [1.54, 1.807) is 12.1 Å². The summed E-state index contributed by atoms with van der Waals surface area (Å²) in [6.45, 7) is 3.90. The van der Waals surface area contributed by atoms with E-state index >= 15 is 0 Å². The molecule has 16 heavy (non-hydrogen) atoms. The highest BCUT2D eigenvalue weighted by atomic mass is 16.5. The second-order valence-electron chi connectivity index (χ2n) is 3.77. The van der Waals surface area contributed by atoms with E-state index in [4.69, 9.17) is 10.3 Å². The Morgan fingerprint density at radius 1 is 1.38 bits per heavy atom. The first-order chi connectivity index (χ1) is 7.61. The van der Waals surface area contributed by atoms with Gasteiger partial charge in [-0.3, -0.25) is 0 Å². The van der Waals surface area contributed by atoms with Crippen LogP contribution in [0.25, 0.3) is 11.3 Å². The van der Waals surface area contributed by atoms with E-state index in [9.17, 15) is 5.11 Å². The summed E-state index contributed by atoms with van der Waals surface area (Å²) in [5, 5.41) is 13.3. The van der Waals surface area contributed by atoms with Crippen molar-refractivity contribution in [1.29, 1.82) is 0 Å². The van der Waals surface area contributed by atoms with Crippen LogP contribution in [0.5, 0.6) is 5.75 Å². The molecule has 0 saturated heterocycles. The third-order valence-electron chi connectivity index (χ3n) is 2.60. The van der Waals surface area contributed by atoms with E-state index in [1.165, 1.54) is 0 Å². The second-order valence-corrected chi connectivity index (χ2v) is 3.77. The number of nitrogens with two attached hydrogens (primary N) is 1. The molecule has 1 aromatic carbocycles. The predicted octanol–water partition coefficient (Wildman–Crippen LogP) is 2.50. The highest BCUT2D eigenvalue weighted by molar-refractivity contribution is 5.66. The number of anilines is 1. The number of aromatic hydroxyl groups is 1. The van der Waals surface area contributed by atoms with Crippen LogP contribution in [-0.2, 0) is 6.42 Å². The molecule has 1 heterocycles. The normalized spacial score (nSPS) is 10.6. The maximum absolute atomic E-state index is 9.70. The third-order valence-corrected chi connectivity index (χ3v) is 2.60. The summed E-state index contributed by atoms with van der Waals surface area (Å²) in [6.07, 6.45) is 0.767. The fourth-order valence-electron chi connectivity index (χ4n) is 1.70. The van der Waals surface area contributed by atoms with Gasteiger partial charge in [-0.1, -0.05) is 12.1 Å². The molecule has 0 radical (unpaired) electrons. The first-order valence-corrected chi connectivity index (χ1v) is 5.17. The Morgan fingerprint density at radius 2 is 2.12 bits per heavy atom. The van der Waals surface area contributed by atoms with Gasteiger partial charge in [0.2, 0.25) is 0 Å². The molecule has 0 amide bonds. The SMILES string of the molecule is CCc1cc(-c2cc(N)no2)c(C)cc1O. The van der Waals surface area contributed by atoms with Crippen LogP contribution in [0.15, 0.2) is 22.7 Å². The van der Waals surface area contributed by atoms with Crippen LogP contribution < -0.4 is 5.73 Å². The Labute approximate surface area is 93.7 Å². The highest BCUT2D eigenvalue weighted by Gasteiger charge is 2.11. The van der Waals surface area contributed by atoms with Gasteiger partial charge in [0.25, 0.3) is 0 Å². The summed E-state index contributed by atoms with van der Waals surface area (Å²) < 4.78 is 5.11. The minimum absolute atomic E-state index is 0.316. The molecular weight excluding hydrogens is 204 g/mol. The summed E-state index contributed by atoms with van der Waals surface area (Å²) >= 11 is 0. The summed E-state index contributed by atoms with van der Waals surface area (Å²) in [7, 11) is 0. The number of phenols is 1. The van der Waals surface area contributed by atoms with Crippen molar-refractivity contribution in [1.82, 2.24) is 5.16 Å². The van der Waals surface area contributed by atoms with Gasteiger partial charge in [0.1, 0.15) is 5.75 Å². The second kappa shape index (κ2) is 3.89. The zero-order valence-electron chi connectivity index (χ0n) is 9.32. The molecule has 4 nitrogen and oxygen atoms in total. The predicted molar refractivity (Wildman–Crippen MR) is 62.1 cm³/mol. The number of nitrogen functional groups attached to an aromatic ring is 1. The summed E-state index contributed by atoms with van der Waals surface area (Å²) in [5.41, 5.74) is 8.25. The van der Waals surface area contributed by atoms with E-state index in [-0.39, 0.29) is 0 Å². The Hall–Kier alpha value is -1.97. The van der Waals surface area contributed by atoms with Gasteiger partial charge in [-0.25, -0.2) is 0 Å². The monoisotopic (exact) mass is 218 g/mol. The van der Waals surface area contributed by atoms with Crippen molar-refractivity contribution in [2.75, 3.05) is 5.73 Å². The first-order valence-electron chi connectivity index (χ1n) is 5.17. The van der Waals surface area contributed by atoms with E-state index in [1.807, 2.05) is 19.9 Å². The molecule has 3 N–H and O–H groups in total. The van der Waals surface area contributed by atoms with Gasteiger partial charge in [-0.15, -0.1) is 0 Å². The van der Waals surface area contributed by atoms with Gasteiger partial charge >= 0.3 is 0 Å². The number of rotatable bonds is 2. The van der Waals surface area contributed by atoms with Crippen molar-refractivity contribution in [2.45, 2.75) is 20.3 Å². The van der Waals surface area contributed by atoms with E-state index in [0.717, 1.165) is 23.1 Å². The number of aryl methyl sites for hydroxylation is 2. The van der Waals surface area contributed by atoms with Crippen LogP contribution >= 0.6 is 0 Å². The zero-order chi connectivity index (χ0) is 11.7. The Bertz CT molecular complexity index is 518. The van der Waals surface area contributed by atoms with Crippen molar-refractivity contribution in [3.63, 3.8) is 0 Å². The smallest absolute Gasteiger partial charge is 0.169 e. The Kier molecular flexibility index (Phi) is 2.56. The fraction of sp³-hybridized carbons (Fsp3) is 0.250. The molecule has 1 aromatic heterocycles. The summed E-state index contributed by atoms with van der Waals surface area (Å²) in [4.78, 5) is 0. The first kappa shape index (κ1) is 10.5. The van der Waals surface area contributed by atoms with E-state index in [0.29, 0.717) is 17.3 Å². The van der Waals surface area contributed by atoms with Crippen LogP contribution in [0.4, 0.5) is 5.82 Å². The van der Waals surface area contributed by atoms with Crippen molar-refractivity contribution >= 4 is 5.82 Å². The Morgan fingerprint density at radius 3 is 2.69 bits per heavy atom. The minimum Gasteiger partial charge on any atom is -0.508 e. The number of hydrogen-bond acceptors (Lipinski definition) is 4. The highest BCUT2D eigenvalue weighted by Crippen LogP contribution is 2.30. The van der Waals surface area contributed by atoms with Crippen LogP contribution in [-0.4, -0.2) is 10.3 Å². The van der Waals surface area contributed by atoms with Gasteiger partial charge in [0.05, 0.1) is 0 Å². The molecule has 0 aliphatic heterocycles. The van der Waals surface area contributed by atoms with Crippen LogP contribution in [0, 0.1) is 6.92 Å². The fourth-order valence-corrected chi connectivity index (χ4v) is 1.70. The molecule has 0 fully saturated rings. The lowest BCUT2D eigenvalue weighted by molar-refractivity contribution is 0.435. The zero-order valence-corrected chi connectivity index (χ0v) is 9.32. The van der Waals surface area contributed by atoms with E-state index in [2.05, 4.69) is 5.16 Å². The minimum atomic E-state index is 0.316. The van der Waals surface area contributed by atoms with Crippen LogP contribution in [0.2, 0.25) is 0 Å². The largest absolute Gasteiger partial charge is 0.508 e. The van der Waals surface area contributed by atoms with Crippen LogP contribution in [0.3, 0.4) is 0 Å². The molecule has 2 rings (SSSR count). The van der Waals surface area contributed by atoms with Crippen LogP contribution in [0.1, 0.15) is 18.1 Å². The average molecular weight is 218 g/mol. The molecule has 0 unspecified atom stereocenters. The molecule has 0 saturated carbocycles. The number of benzene rings is 1. The molecule has 84 valence electrons. The quantitative estimate of drug-likeness (QED) is 0.812. The lowest BCUT2D eigenvalue weighted by atomic mass is 10.0. The molecule has 0 spiro atoms. The number of nitrogens with zero attached hydrogens (tertiary/aromatic N) is 1. The lowest BCUT2D eigenvalue weighted by Crippen LogP contribution is -1.87. The third kappa shape index (κ3) is 1.74. The molecule has 0 aliphatic rings. The van der Waals surface area contributed by atoms with Crippen molar-refractivity contribution in [2.24, 2.45) is 0 Å². The molecule has 2 aromatic rings. The molecule has 0 atom stereocenters. The standard InChI is InChI=1S/C12H14N2O2/c1-3-8-5-9(7(2)4-10(8)15)11-6-12(13)14-16-11/h4-6,15H,3H2,1-2H3,(H2,13,14). The maximum atomic E-state index is 9.70. The topological polar surface area (TPSA) is 72.3 Å². The van der Waals surface area contributed by atoms with Crippen molar-refractivity contribution < 1.29 is 9.63 Å². The maximum Gasteiger partial charge on any atom is 0.169 e. The molecular formula is C12H14N2O2. The Balaban J connectivity index is 2.56. The molecule has 4 heteroatoms. The van der Waals surface area contributed by atoms with Gasteiger partial charge in [-0.05, 0) is 36.6 Å². The van der Waals surface area contributed by atoms with Gasteiger partial charge in [0.15, 0.2) is 11.6 Å².